The molecule has 2 aromatic rings. The zero-order valence-electron chi connectivity index (χ0n) is 11.7. The third kappa shape index (κ3) is 2.27. The number of rotatable bonds is 2. The van der Waals surface area contributed by atoms with Crippen LogP contribution in [0.4, 0.5) is 5.69 Å². The van der Waals surface area contributed by atoms with E-state index in [-0.39, 0.29) is 5.91 Å². The molecule has 3 heteroatoms. The van der Waals surface area contributed by atoms with E-state index in [1.807, 2.05) is 24.3 Å². The van der Waals surface area contributed by atoms with Crippen molar-refractivity contribution in [2.45, 2.75) is 26.5 Å². The average Bonchev–Trinajstić information content (AvgIpc) is 2.46. The minimum absolute atomic E-state index is 0.00396. The van der Waals surface area contributed by atoms with Gasteiger partial charge in [-0.05, 0) is 31.5 Å². The number of ether oxygens (including phenoxy) is 1. The summed E-state index contributed by atoms with van der Waals surface area (Å²) in [5.41, 5.74) is 3.18. The van der Waals surface area contributed by atoms with Gasteiger partial charge in [0.2, 0.25) is 0 Å². The van der Waals surface area contributed by atoms with Crippen LogP contribution in [0.5, 0.6) is 5.75 Å². The Labute approximate surface area is 118 Å². The molecule has 1 aliphatic rings. The molecule has 0 spiro atoms. The number of benzene rings is 2. The Hall–Kier alpha value is -2.29. The van der Waals surface area contributed by atoms with Gasteiger partial charge in [-0.1, -0.05) is 42.0 Å². The van der Waals surface area contributed by atoms with E-state index in [9.17, 15) is 4.79 Å². The summed E-state index contributed by atoms with van der Waals surface area (Å²) in [7, 11) is 0. The number of carbonyl (C=O) groups is 1. The zero-order valence-corrected chi connectivity index (χ0v) is 11.7. The van der Waals surface area contributed by atoms with Crippen molar-refractivity contribution in [2.75, 3.05) is 4.90 Å². The first-order valence-electron chi connectivity index (χ1n) is 6.78. The number of amides is 1. The van der Waals surface area contributed by atoms with Crippen molar-refractivity contribution in [1.29, 1.82) is 0 Å². The molecule has 1 amide bonds. The van der Waals surface area contributed by atoms with Crippen LogP contribution in [0.25, 0.3) is 0 Å². The van der Waals surface area contributed by atoms with Gasteiger partial charge in [0, 0.05) is 0 Å². The maximum Gasteiger partial charge on any atom is 0.268 e. The summed E-state index contributed by atoms with van der Waals surface area (Å²) in [5.74, 6) is 0.774. The summed E-state index contributed by atoms with van der Waals surface area (Å²) >= 11 is 0. The van der Waals surface area contributed by atoms with Crippen LogP contribution in [0.3, 0.4) is 0 Å². The lowest BCUT2D eigenvalue weighted by Gasteiger charge is -2.33. The largest absolute Gasteiger partial charge is 0.479 e. The molecule has 0 aliphatic carbocycles. The van der Waals surface area contributed by atoms with E-state index in [1.165, 1.54) is 5.56 Å². The van der Waals surface area contributed by atoms with Crippen LogP contribution in [0.2, 0.25) is 0 Å². The molecule has 102 valence electrons. The lowest BCUT2D eigenvalue weighted by atomic mass is 10.1. The molecule has 1 heterocycles. The van der Waals surface area contributed by atoms with Crippen molar-refractivity contribution in [3.05, 3.63) is 59.7 Å². The van der Waals surface area contributed by atoms with Crippen LogP contribution in [0.1, 0.15) is 18.1 Å². The van der Waals surface area contributed by atoms with Crippen molar-refractivity contribution >= 4 is 11.6 Å². The fraction of sp³-hybridized carbons (Fsp3) is 0.235. The zero-order chi connectivity index (χ0) is 14.1. The molecule has 20 heavy (non-hydrogen) atoms. The number of anilines is 1. The van der Waals surface area contributed by atoms with E-state index in [0.717, 1.165) is 17.0 Å². The van der Waals surface area contributed by atoms with Crippen LogP contribution >= 0.6 is 0 Å². The maximum absolute atomic E-state index is 12.4. The molecule has 1 aliphatic heterocycles. The number of fused-ring (bicyclic) bond motifs is 1. The normalized spacial score (nSPS) is 17.6. The third-order valence-corrected chi connectivity index (χ3v) is 3.53. The van der Waals surface area contributed by atoms with Gasteiger partial charge in [-0.15, -0.1) is 0 Å². The molecule has 0 aromatic heterocycles. The fourth-order valence-electron chi connectivity index (χ4n) is 2.40. The number of nitrogens with zero attached hydrogens (tertiary/aromatic N) is 1. The van der Waals surface area contributed by atoms with E-state index >= 15 is 0 Å². The van der Waals surface area contributed by atoms with Gasteiger partial charge in [-0.2, -0.15) is 0 Å². The molecule has 0 saturated carbocycles. The summed E-state index contributed by atoms with van der Waals surface area (Å²) in [6, 6.07) is 15.9. The summed E-state index contributed by atoms with van der Waals surface area (Å²) < 4.78 is 5.64. The van der Waals surface area contributed by atoms with Crippen molar-refractivity contribution < 1.29 is 9.53 Å². The number of aryl methyl sites for hydroxylation is 1. The first-order valence-corrected chi connectivity index (χ1v) is 6.78. The minimum atomic E-state index is -0.435. The van der Waals surface area contributed by atoms with Crippen molar-refractivity contribution in [2.24, 2.45) is 0 Å². The van der Waals surface area contributed by atoms with E-state index in [2.05, 4.69) is 31.2 Å². The molecule has 0 bridgehead atoms. The Morgan fingerprint density at radius 3 is 2.55 bits per heavy atom. The Morgan fingerprint density at radius 2 is 1.80 bits per heavy atom. The Balaban J connectivity index is 1.95. The van der Waals surface area contributed by atoms with Gasteiger partial charge < -0.3 is 9.64 Å². The third-order valence-electron chi connectivity index (χ3n) is 3.53. The molecule has 2 aromatic carbocycles. The summed E-state index contributed by atoms with van der Waals surface area (Å²) in [4.78, 5) is 14.2. The van der Waals surface area contributed by atoms with E-state index < -0.39 is 6.10 Å². The van der Waals surface area contributed by atoms with Gasteiger partial charge in [0.05, 0.1) is 12.2 Å². The Kier molecular flexibility index (Phi) is 3.18. The van der Waals surface area contributed by atoms with E-state index in [1.54, 1.807) is 11.8 Å². The molecule has 3 nitrogen and oxygen atoms in total. The second-order valence-electron chi connectivity index (χ2n) is 5.14. The molecule has 1 atom stereocenters. The summed E-state index contributed by atoms with van der Waals surface area (Å²) in [5, 5.41) is 0. The topological polar surface area (TPSA) is 29.5 Å². The van der Waals surface area contributed by atoms with Gasteiger partial charge in [0.15, 0.2) is 6.10 Å². The molecule has 0 radical (unpaired) electrons. The Bertz CT molecular complexity index is 634. The van der Waals surface area contributed by atoms with Crippen molar-refractivity contribution in [3.63, 3.8) is 0 Å². The Morgan fingerprint density at radius 1 is 1.10 bits per heavy atom. The molecule has 0 unspecified atom stereocenters. The van der Waals surface area contributed by atoms with Crippen molar-refractivity contribution in [1.82, 2.24) is 0 Å². The predicted molar refractivity (Wildman–Crippen MR) is 78.9 cm³/mol. The summed E-state index contributed by atoms with van der Waals surface area (Å²) in [6.45, 7) is 4.42. The molecule has 0 saturated heterocycles. The second kappa shape index (κ2) is 5.00. The van der Waals surface area contributed by atoms with Crippen LogP contribution in [0, 0.1) is 6.92 Å². The number of hydrogen-bond donors (Lipinski definition) is 0. The number of para-hydroxylation sites is 2. The molecular formula is C17H17NO2. The van der Waals surface area contributed by atoms with Gasteiger partial charge in [-0.25, -0.2) is 0 Å². The number of carbonyl (C=O) groups excluding carboxylic acids is 1. The van der Waals surface area contributed by atoms with Crippen LogP contribution in [0.15, 0.2) is 48.5 Å². The SMILES string of the molecule is Cc1ccc(CN2C(=O)[C@H](C)Oc3ccccc32)cc1. The first kappa shape index (κ1) is 12.7. The van der Waals surface area contributed by atoms with Crippen LogP contribution in [-0.2, 0) is 11.3 Å². The minimum Gasteiger partial charge on any atom is -0.479 e. The number of hydrogen-bond acceptors (Lipinski definition) is 2. The molecule has 0 N–H and O–H groups in total. The van der Waals surface area contributed by atoms with Gasteiger partial charge >= 0.3 is 0 Å². The highest BCUT2D eigenvalue weighted by Gasteiger charge is 2.30. The monoisotopic (exact) mass is 267 g/mol. The van der Waals surface area contributed by atoms with Gasteiger partial charge in [0.1, 0.15) is 5.75 Å². The molecule has 0 fully saturated rings. The van der Waals surface area contributed by atoms with Gasteiger partial charge in [-0.3, -0.25) is 4.79 Å². The molecule has 3 rings (SSSR count). The highest BCUT2D eigenvalue weighted by atomic mass is 16.5. The highest BCUT2D eigenvalue weighted by Crippen LogP contribution is 2.34. The average molecular weight is 267 g/mol. The highest BCUT2D eigenvalue weighted by molar-refractivity contribution is 5.99. The first-order chi connectivity index (χ1) is 9.65. The maximum atomic E-state index is 12.4. The standard InChI is InChI=1S/C17H17NO2/c1-12-7-9-14(10-8-12)11-18-15-5-3-4-6-16(15)20-13(2)17(18)19/h3-10,13H,11H2,1-2H3/t13-/m0/s1. The predicted octanol–water partition coefficient (Wildman–Crippen LogP) is 3.31. The van der Waals surface area contributed by atoms with Crippen LogP contribution in [-0.4, -0.2) is 12.0 Å². The summed E-state index contributed by atoms with van der Waals surface area (Å²) in [6.07, 6.45) is -0.435. The van der Waals surface area contributed by atoms with E-state index in [0.29, 0.717) is 6.54 Å². The fourth-order valence-corrected chi connectivity index (χ4v) is 2.40. The molecular weight excluding hydrogens is 250 g/mol. The van der Waals surface area contributed by atoms with Crippen LogP contribution < -0.4 is 9.64 Å². The van der Waals surface area contributed by atoms with Gasteiger partial charge in [0.25, 0.3) is 5.91 Å². The second-order valence-corrected chi connectivity index (χ2v) is 5.14. The lowest BCUT2D eigenvalue weighted by molar-refractivity contribution is -0.125. The quantitative estimate of drug-likeness (QED) is 0.835. The smallest absolute Gasteiger partial charge is 0.268 e. The lowest BCUT2D eigenvalue weighted by Crippen LogP contribution is -2.43. The van der Waals surface area contributed by atoms with E-state index in [4.69, 9.17) is 4.74 Å². The van der Waals surface area contributed by atoms with Crippen molar-refractivity contribution in [3.8, 4) is 5.75 Å².